The molecule has 1 heterocycles. The fraction of sp³-hybridized carbons (Fsp3) is 0.800. The minimum Gasteiger partial charge on any atom is -0.367 e. The highest BCUT2D eigenvalue weighted by atomic mass is 15.4. The molecule has 2 aliphatic carbocycles. The summed E-state index contributed by atoms with van der Waals surface area (Å²) in [4.78, 5) is 3.93. The average molecular weight is 192 g/mol. The molecule has 0 atom stereocenters. The maximum absolute atomic E-state index is 5.46. The normalized spacial score (nSPS) is 24.6. The van der Waals surface area contributed by atoms with Crippen molar-refractivity contribution in [3.05, 3.63) is 6.33 Å². The number of hydrogen-bond acceptors (Lipinski definition) is 3. The molecule has 2 aliphatic rings. The maximum atomic E-state index is 5.46. The Morgan fingerprint density at radius 2 is 2.29 bits per heavy atom. The molecule has 0 aliphatic heterocycles. The lowest BCUT2D eigenvalue weighted by atomic mass is 9.52. The van der Waals surface area contributed by atoms with Gasteiger partial charge in [0.2, 0.25) is 5.95 Å². The van der Waals surface area contributed by atoms with E-state index in [-0.39, 0.29) is 0 Å². The largest absolute Gasteiger partial charge is 0.367 e. The van der Waals surface area contributed by atoms with Crippen molar-refractivity contribution >= 4 is 5.95 Å². The molecule has 0 amide bonds. The quantitative estimate of drug-likeness (QED) is 0.771. The number of anilines is 1. The van der Waals surface area contributed by atoms with Gasteiger partial charge in [-0.15, -0.1) is 5.10 Å². The molecule has 1 spiro atoms. The molecule has 4 nitrogen and oxygen atoms in total. The molecular weight excluding hydrogens is 176 g/mol. The van der Waals surface area contributed by atoms with Crippen molar-refractivity contribution in [2.75, 3.05) is 5.73 Å². The molecule has 1 aromatic rings. The molecule has 14 heavy (non-hydrogen) atoms. The summed E-state index contributed by atoms with van der Waals surface area (Å²) in [5, 5.41) is 4.11. The summed E-state index contributed by atoms with van der Waals surface area (Å²) in [7, 11) is 0. The van der Waals surface area contributed by atoms with Gasteiger partial charge in [0, 0.05) is 6.54 Å². The van der Waals surface area contributed by atoms with E-state index in [2.05, 4.69) is 10.1 Å². The fourth-order valence-electron chi connectivity index (χ4n) is 3.04. The van der Waals surface area contributed by atoms with Gasteiger partial charge in [0.1, 0.15) is 6.33 Å². The molecule has 4 heteroatoms. The first-order valence-electron chi connectivity index (χ1n) is 5.41. The van der Waals surface area contributed by atoms with Crippen LogP contribution in [-0.4, -0.2) is 14.8 Å². The second-order valence-corrected chi connectivity index (χ2v) is 4.95. The van der Waals surface area contributed by atoms with Crippen LogP contribution in [0.4, 0.5) is 5.95 Å². The van der Waals surface area contributed by atoms with Gasteiger partial charge in [-0.3, -0.25) is 4.68 Å². The summed E-state index contributed by atoms with van der Waals surface area (Å²) in [6, 6.07) is 0. The predicted octanol–water partition coefficient (Wildman–Crippen LogP) is 1.44. The summed E-state index contributed by atoms with van der Waals surface area (Å²) < 4.78 is 1.88. The van der Waals surface area contributed by atoms with E-state index >= 15 is 0 Å². The van der Waals surface area contributed by atoms with E-state index in [1.165, 1.54) is 32.1 Å². The van der Waals surface area contributed by atoms with Gasteiger partial charge >= 0.3 is 0 Å². The maximum Gasteiger partial charge on any atom is 0.239 e. The van der Waals surface area contributed by atoms with Gasteiger partial charge < -0.3 is 5.73 Å². The van der Waals surface area contributed by atoms with Gasteiger partial charge in [0.05, 0.1) is 0 Å². The smallest absolute Gasteiger partial charge is 0.239 e. The molecule has 0 radical (unpaired) electrons. The van der Waals surface area contributed by atoms with Gasteiger partial charge in [0.25, 0.3) is 0 Å². The van der Waals surface area contributed by atoms with Crippen molar-refractivity contribution in [2.45, 2.75) is 38.6 Å². The third kappa shape index (κ3) is 1.21. The van der Waals surface area contributed by atoms with E-state index in [0.717, 1.165) is 17.9 Å². The van der Waals surface area contributed by atoms with E-state index in [4.69, 9.17) is 5.73 Å². The van der Waals surface area contributed by atoms with Crippen molar-refractivity contribution < 1.29 is 0 Å². The molecule has 0 aromatic carbocycles. The van der Waals surface area contributed by atoms with Crippen molar-refractivity contribution in [2.24, 2.45) is 11.3 Å². The van der Waals surface area contributed by atoms with Crippen LogP contribution in [0.1, 0.15) is 32.1 Å². The Hall–Kier alpha value is -1.06. The van der Waals surface area contributed by atoms with E-state index in [0.29, 0.717) is 5.95 Å². The highest BCUT2D eigenvalue weighted by Gasteiger charge is 2.47. The van der Waals surface area contributed by atoms with Gasteiger partial charge in [-0.2, -0.15) is 0 Å². The lowest BCUT2D eigenvalue weighted by Gasteiger charge is -2.54. The molecule has 1 aromatic heterocycles. The van der Waals surface area contributed by atoms with Crippen molar-refractivity contribution in [1.82, 2.24) is 14.8 Å². The standard InChI is InChI=1S/C10H16N4/c11-9-12-7-14(13-9)6-8-4-10(5-8)2-1-3-10/h7-8H,1-6H2,(H2,11,13). The lowest BCUT2D eigenvalue weighted by molar-refractivity contribution is -0.0323. The van der Waals surface area contributed by atoms with Gasteiger partial charge in [-0.1, -0.05) is 6.42 Å². The van der Waals surface area contributed by atoms with Crippen molar-refractivity contribution in [3.63, 3.8) is 0 Å². The molecular formula is C10H16N4. The number of rotatable bonds is 2. The minimum absolute atomic E-state index is 0.391. The number of nitrogen functional groups attached to an aromatic ring is 1. The molecule has 2 saturated carbocycles. The Balaban J connectivity index is 1.55. The van der Waals surface area contributed by atoms with Gasteiger partial charge in [-0.25, -0.2) is 4.98 Å². The highest BCUT2D eigenvalue weighted by Crippen LogP contribution is 2.58. The minimum atomic E-state index is 0.391. The molecule has 76 valence electrons. The van der Waals surface area contributed by atoms with Crippen LogP contribution in [0.2, 0.25) is 0 Å². The summed E-state index contributed by atoms with van der Waals surface area (Å²) in [5.74, 6) is 1.21. The highest BCUT2D eigenvalue weighted by molar-refractivity contribution is 5.09. The van der Waals surface area contributed by atoms with Crippen LogP contribution in [0, 0.1) is 11.3 Å². The Kier molecular flexibility index (Phi) is 1.60. The monoisotopic (exact) mass is 192 g/mol. The zero-order valence-electron chi connectivity index (χ0n) is 8.32. The summed E-state index contributed by atoms with van der Waals surface area (Å²) >= 11 is 0. The zero-order chi connectivity index (χ0) is 9.60. The SMILES string of the molecule is Nc1ncn(CC2CC3(CCC3)C2)n1. The molecule has 2 fully saturated rings. The number of nitrogens with two attached hydrogens (primary N) is 1. The van der Waals surface area contributed by atoms with Crippen molar-refractivity contribution in [1.29, 1.82) is 0 Å². The number of aromatic nitrogens is 3. The third-order valence-corrected chi connectivity index (χ3v) is 3.86. The first-order valence-corrected chi connectivity index (χ1v) is 5.41. The van der Waals surface area contributed by atoms with Crippen LogP contribution >= 0.6 is 0 Å². The molecule has 0 bridgehead atoms. The van der Waals surface area contributed by atoms with Crippen LogP contribution in [0.5, 0.6) is 0 Å². The summed E-state index contributed by atoms with van der Waals surface area (Å²) in [6.07, 6.45) is 8.90. The Labute approximate surface area is 83.5 Å². The van der Waals surface area contributed by atoms with E-state index in [1.807, 2.05) is 4.68 Å². The molecule has 0 saturated heterocycles. The van der Waals surface area contributed by atoms with Crippen LogP contribution in [0.3, 0.4) is 0 Å². The van der Waals surface area contributed by atoms with Crippen LogP contribution < -0.4 is 5.73 Å². The second kappa shape index (κ2) is 2.72. The molecule has 0 unspecified atom stereocenters. The topological polar surface area (TPSA) is 56.7 Å². The predicted molar refractivity (Wildman–Crippen MR) is 53.4 cm³/mol. The summed E-state index contributed by atoms with van der Waals surface area (Å²) in [6.45, 7) is 1.01. The number of nitrogens with zero attached hydrogens (tertiary/aromatic N) is 3. The van der Waals surface area contributed by atoms with Crippen molar-refractivity contribution in [3.8, 4) is 0 Å². The van der Waals surface area contributed by atoms with Gasteiger partial charge in [-0.05, 0) is 37.0 Å². The Bertz CT molecular complexity index is 332. The first-order chi connectivity index (χ1) is 6.76. The van der Waals surface area contributed by atoms with Crippen LogP contribution in [0.25, 0.3) is 0 Å². The van der Waals surface area contributed by atoms with E-state index in [9.17, 15) is 0 Å². The molecule has 3 rings (SSSR count). The average Bonchev–Trinajstić information content (AvgIpc) is 2.39. The Morgan fingerprint density at radius 3 is 2.79 bits per heavy atom. The summed E-state index contributed by atoms with van der Waals surface area (Å²) in [5.41, 5.74) is 6.22. The van der Waals surface area contributed by atoms with Gasteiger partial charge in [0.15, 0.2) is 0 Å². The van der Waals surface area contributed by atoms with Crippen LogP contribution in [-0.2, 0) is 6.54 Å². The Morgan fingerprint density at radius 1 is 1.50 bits per heavy atom. The van der Waals surface area contributed by atoms with Crippen LogP contribution in [0.15, 0.2) is 6.33 Å². The zero-order valence-corrected chi connectivity index (χ0v) is 8.32. The molecule has 2 N–H and O–H groups in total. The van der Waals surface area contributed by atoms with E-state index in [1.54, 1.807) is 6.33 Å². The van der Waals surface area contributed by atoms with E-state index < -0.39 is 0 Å². The third-order valence-electron chi connectivity index (χ3n) is 3.86. The fourth-order valence-corrected chi connectivity index (χ4v) is 3.04. The number of hydrogen-bond donors (Lipinski definition) is 1. The first kappa shape index (κ1) is 8.26. The second-order valence-electron chi connectivity index (χ2n) is 4.95. The lowest BCUT2D eigenvalue weighted by Crippen LogP contribution is -2.44.